The lowest BCUT2D eigenvalue weighted by atomic mass is 10.3. The van der Waals surface area contributed by atoms with Crippen LogP contribution in [0.15, 0.2) is 22.7 Å². The van der Waals surface area contributed by atoms with Crippen molar-refractivity contribution in [3.05, 3.63) is 27.7 Å². The summed E-state index contributed by atoms with van der Waals surface area (Å²) in [5.74, 6) is 0.783. The van der Waals surface area contributed by atoms with Crippen molar-refractivity contribution in [2.24, 2.45) is 0 Å². The molecule has 0 spiro atoms. The molecule has 2 rings (SSSR count). The Morgan fingerprint density at radius 1 is 1.24 bits per heavy atom. The molecule has 2 aromatic rings. The average molecular weight is 373 g/mol. The van der Waals surface area contributed by atoms with Crippen molar-refractivity contribution >= 4 is 45.1 Å². The number of ether oxygens (including phenoxy) is 1. The number of anilines is 3. The van der Waals surface area contributed by atoms with Gasteiger partial charge in [0.05, 0.1) is 17.3 Å². The minimum Gasteiger partial charge on any atom is -0.463 e. The van der Waals surface area contributed by atoms with E-state index in [1.54, 1.807) is 13.1 Å². The Labute approximate surface area is 136 Å². The first-order chi connectivity index (χ1) is 10.1. The summed E-state index contributed by atoms with van der Waals surface area (Å²) >= 11 is 9.54. The van der Waals surface area contributed by atoms with Gasteiger partial charge in [0.25, 0.3) is 0 Å². The molecule has 0 amide bonds. The van der Waals surface area contributed by atoms with E-state index >= 15 is 0 Å². The van der Waals surface area contributed by atoms with Crippen LogP contribution in [0.1, 0.15) is 13.3 Å². The summed E-state index contributed by atoms with van der Waals surface area (Å²) in [7, 11) is 1.73. The molecule has 6 nitrogen and oxygen atoms in total. The Hall–Kier alpha value is -1.60. The van der Waals surface area contributed by atoms with Crippen molar-refractivity contribution < 1.29 is 4.74 Å². The first-order valence-corrected chi connectivity index (χ1v) is 7.58. The Balaban J connectivity index is 2.27. The molecule has 0 aliphatic rings. The van der Waals surface area contributed by atoms with Gasteiger partial charge in [0.15, 0.2) is 0 Å². The lowest BCUT2D eigenvalue weighted by Crippen LogP contribution is -2.07. The third-order valence-corrected chi connectivity index (χ3v) is 3.27. The van der Waals surface area contributed by atoms with Crippen molar-refractivity contribution in [2.45, 2.75) is 13.3 Å². The van der Waals surface area contributed by atoms with Crippen molar-refractivity contribution in [1.29, 1.82) is 0 Å². The number of benzene rings is 1. The number of hydrogen-bond acceptors (Lipinski definition) is 6. The number of rotatable bonds is 6. The lowest BCUT2D eigenvalue weighted by Gasteiger charge is -2.10. The van der Waals surface area contributed by atoms with Gasteiger partial charge in [0, 0.05) is 11.5 Å². The van der Waals surface area contributed by atoms with Crippen LogP contribution in [-0.2, 0) is 0 Å². The Morgan fingerprint density at radius 3 is 2.71 bits per heavy atom. The molecule has 21 heavy (non-hydrogen) atoms. The van der Waals surface area contributed by atoms with Crippen LogP contribution in [0.5, 0.6) is 6.01 Å². The van der Waals surface area contributed by atoms with Gasteiger partial charge < -0.3 is 15.4 Å². The van der Waals surface area contributed by atoms with Gasteiger partial charge in [-0.25, -0.2) is 0 Å². The second-order valence-electron chi connectivity index (χ2n) is 4.11. The summed E-state index contributed by atoms with van der Waals surface area (Å²) in [5.41, 5.74) is 0.695. The van der Waals surface area contributed by atoms with Gasteiger partial charge in [0.2, 0.25) is 11.9 Å². The highest BCUT2D eigenvalue weighted by Gasteiger charge is 2.09. The molecule has 1 aromatic heterocycles. The zero-order valence-corrected chi connectivity index (χ0v) is 14.0. The Morgan fingerprint density at radius 2 is 2.00 bits per heavy atom. The molecule has 0 saturated heterocycles. The molecule has 1 heterocycles. The molecule has 0 unspecified atom stereocenters. The fourth-order valence-electron chi connectivity index (χ4n) is 1.50. The van der Waals surface area contributed by atoms with E-state index in [0.717, 1.165) is 10.9 Å². The Bertz CT molecular complexity index is 626. The van der Waals surface area contributed by atoms with Crippen LogP contribution in [-0.4, -0.2) is 28.6 Å². The van der Waals surface area contributed by atoms with Gasteiger partial charge >= 0.3 is 6.01 Å². The molecule has 0 saturated carbocycles. The number of hydrogen-bond donors (Lipinski definition) is 2. The quantitative estimate of drug-likeness (QED) is 0.802. The van der Waals surface area contributed by atoms with Crippen molar-refractivity contribution in [2.75, 3.05) is 24.3 Å². The summed E-state index contributed by atoms with van der Waals surface area (Å²) < 4.78 is 6.35. The average Bonchev–Trinajstić information content (AvgIpc) is 2.48. The van der Waals surface area contributed by atoms with Gasteiger partial charge in [-0.1, -0.05) is 34.5 Å². The number of nitrogens with zero attached hydrogens (tertiary/aromatic N) is 3. The summed E-state index contributed by atoms with van der Waals surface area (Å²) in [6.07, 6.45) is 0.876. The molecule has 0 radical (unpaired) electrons. The highest BCUT2D eigenvalue weighted by Crippen LogP contribution is 2.28. The fraction of sp³-hybridized carbons (Fsp3) is 0.308. The predicted octanol–water partition coefficient (Wildman–Crippen LogP) is 3.86. The second-order valence-corrected chi connectivity index (χ2v) is 5.44. The number of nitrogens with one attached hydrogen (secondary N) is 2. The van der Waals surface area contributed by atoms with E-state index < -0.39 is 0 Å². The van der Waals surface area contributed by atoms with E-state index in [1.165, 1.54) is 0 Å². The summed E-state index contributed by atoms with van der Waals surface area (Å²) in [4.78, 5) is 12.6. The molecule has 0 fully saturated rings. The van der Waals surface area contributed by atoms with E-state index in [2.05, 4.69) is 41.5 Å². The maximum atomic E-state index is 6.14. The molecule has 1 aromatic carbocycles. The number of aromatic nitrogens is 3. The lowest BCUT2D eigenvalue weighted by molar-refractivity contribution is 0.292. The van der Waals surface area contributed by atoms with Gasteiger partial charge in [-0.2, -0.15) is 15.0 Å². The van der Waals surface area contributed by atoms with Crippen LogP contribution in [0.2, 0.25) is 5.02 Å². The SMILES string of the molecule is CCCOc1nc(NC)nc(Nc2cc(Br)ccc2Cl)n1. The molecule has 0 aliphatic carbocycles. The van der Waals surface area contributed by atoms with Gasteiger partial charge in [0.1, 0.15) is 0 Å². The zero-order valence-electron chi connectivity index (χ0n) is 11.7. The van der Waals surface area contributed by atoms with Crippen LogP contribution >= 0.6 is 27.5 Å². The van der Waals surface area contributed by atoms with E-state index in [4.69, 9.17) is 16.3 Å². The highest BCUT2D eigenvalue weighted by molar-refractivity contribution is 9.10. The normalized spacial score (nSPS) is 10.3. The Kier molecular flexibility index (Phi) is 5.58. The minimum atomic E-state index is 0.268. The smallest absolute Gasteiger partial charge is 0.323 e. The molecule has 2 N–H and O–H groups in total. The molecule has 0 aliphatic heterocycles. The summed E-state index contributed by atoms with van der Waals surface area (Å²) in [5, 5.41) is 6.50. The van der Waals surface area contributed by atoms with Crippen LogP contribution < -0.4 is 15.4 Å². The number of halogens is 2. The van der Waals surface area contributed by atoms with E-state index in [-0.39, 0.29) is 6.01 Å². The zero-order chi connectivity index (χ0) is 15.2. The van der Waals surface area contributed by atoms with Crippen molar-refractivity contribution in [3.8, 4) is 6.01 Å². The molecular weight excluding hydrogens is 358 g/mol. The van der Waals surface area contributed by atoms with Crippen LogP contribution in [0.4, 0.5) is 17.6 Å². The summed E-state index contributed by atoms with van der Waals surface area (Å²) in [6, 6.07) is 5.75. The van der Waals surface area contributed by atoms with Crippen molar-refractivity contribution in [1.82, 2.24) is 15.0 Å². The topological polar surface area (TPSA) is 72.0 Å². The largest absolute Gasteiger partial charge is 0.463 e. The van der Waals surface area contributed by atoms with Gasteiger partial charge in [-0.3, -0.25) is 0 Å². The molecule has 112 valence electrons. The summed E-state index contributed by atoms with van der Waals surface area (Å²) in [6.45, 7) is 2.56. The molecule has 0 bridgehead atoms. The molecule has 0 atom stereocenters. The third-order valence-electron chi connectivity index (χ3n) is 2.45. The first kappa shape index (κ1) is 15.8. The van der Waals surface area contributed by atoms with E-state index in [1.807, 2.05) is 19.1 Å². The second kappa shape index (κ2) is 7.42. The van der Waals surface area contributed by atoms with Crippen LogP contribution in [0.3, 0.4) is 0 Å². The van der Waals surface area contributed by atoms with E-state index in [0.29, 0.717) is 29.2 Å². The predicted molar refractivity (Wildman–Crippen MR) is 87.6 cm³/mol. The minimum absolute atomic E-state index is 0.268. The third kappa shape index (κ3) is 4.44. The first-order valence-electron chi connectivity index (χ1n) is 6.41. The van der Waals surface area contributed by atoms with Crippen LogP contribution in [0, 0.1) is 0 Å². The highest BCUT2D eigenvalue weighted by atomic mass is 79.9. The maximum absolute atomic E-state index is 6.14. The molecular formula is C13H15BrClN5O. The monoisotopic (exact) mass is 371 g/mol. The standard InChI is InChI=1S/C13H15BrClN5O/c1-3-6-21-13-19-11(16-2)18-12(20-13)17-10-7-8(14)4-5-9(10)15/h4-5,7H,3,6H2,1-2H3,(H2,16,17,18,19,20). The van der Waals surface area contributed by atoms with Gasteiger partial charge in [-0.05, 0) is 24.6 Å². The van der Waals surface area contributed by atoms with E-state index in [9.17, 15) is 0 Å². The van der Waals surface area contributed by atoms with Crippen molar-refractivity contribution in [3.63, 3.8) is 0 Å². The fourth-order valence-corrected chi connectivity index (χ4v) is 2.02. The van der Waals surface area contributed by atoms with Gasteiger partial charge in [-0.15, -0.1) is 0 Å². The molecule has 8 heteroatoms. The van der Waals surface area contributed by atoms with Crippen LogP contribution in [0.25, 0.3) is 0 Å². The maximum Gasteiger partial charge on any atom is 0.323 e.